The fourth-order valence-corrected chi connectivity index (χ4v) is 2.18. The van der Waals surface area contributed by atoms with Crippen molar-refractivity contribution in [1.82, 2.24) is 5.32 Å². The van der Waals surface area contributed by atoms with E-state index in [9.17, 15) is 0 Å². The van der Waals surface area contributed by atoms with E-state index in [0.29, 0.717) is 0 Å². The van der Waals surface area contributed by atoms with Crippen molar-refractivity contribution < 1.29 is 0 Å². The first-order valence-electron chi connectivity index (χ1n) is 6.07. The highest BCUT2D eigenvalue weighted by molar-refractivity contribution is 7.98. The molecule has 0 aliphatic heterocycles. The molecular formula is C12H27NS. The molecule has 0 aliphatic carbocycles. The van der Waals surface area contributed by atoms with Crippen LogP contribution in [-0.2, 0) is 0 Å². The largest absolute Gasteiger partial charge is 0.314 e. The molecule has 1 atom stereocenters. The van der Waals surface area contributed by atoms with Crippen LogP contribution in [0.1, 0.15) is 52.4 Å². The number of rotatable bonds is 10. The normalized spacial score (nSPS) is 13.1. The van der Waals surface area contributed by atoms with Crippen molar-refractivity contribution in [1.29, 1.82) is 0 Å². The van der Waals surface area contributed by atoms with Crippen LogP contribution in [0.2, 0.25) is 0 Å². The van der Waals surface area contributed by atoms with E-state index in [1.165, 1.54) is 50.8 Å². The van der Waals surface area contributed by atoms with Crippen LogP contribution in [-0.4, -0.2) is 24.6 Å². The zero-order valence-electron chi connectivity index (χ0n) is 10.1. The second-order valence-corrected chi connectivity index (χ2v) is 4.91. The summed E-state index contributed by atoms with van der Waals surface area (Å²) in [6, 6.07) is 0.779. The summed E-state index contributed by atoms with van der Waals surface area (Å²) in [6.45, 7) is 5.71. The summed E-state index contributed by atoms with van der Waals surface area (Å²) >= 11 is 1.96. The van der Waals surface area contributed by atoms with E-state index >= 15 is 0 Å². The lowest BCUT2D eigenvalue weighted by molar-refractivity contribution is 0.436. The summed E-state index contributed by atoms with van der Waals surface area (Å²) in [5.41, 5.74) is 0. The van der Waals surface area contributed by atoms with E-state index < -0.39 is 0 Å². The van der Waals surface area contributed by atoms with E-state index in [0.717, 1.165) is 6.04 Å². The zero-order chi connectivity index (χ0) is 10.6. The van der Waals surface area contributed by atoms with Crippen LogP contribution in [0, 0.1) is 0 Å². The van der Waals surface area contributed by atoms with E-state index in [2.05, 4.69) is 25.4 Å². The number of hydrogen-bond donors (Lipinski definition) is 1. The maximum absolute atomic E-state index is 3.64. The smallest absolute Gasteiger partial charge is 0.00669 e. The molecule has 0 aliphatic rings. The van der Waals surface area contributed by atoms with Crippen molar-refractivity contribution in [3.63, 3.8) is 0 Å². The van der Waals surface area contributed by atoms with Crippen LogP contribution in [0.15, 0.2) is 0 Å². The van der Waals surface area contributed by atoms with Gasteiger partial charge in [-0.1, -0.05) is 26.7 Å². The van der Waals surface area contributed by atoms with Gasteiger partial charge in [-0.15, -0.1) is 0 Å². The Morgan fingerprint density at radius 1 is 1.07 bits per heavy atom. The first-order valence-corrected chi connectivity index (χ1v) is 7.46. The maximum Gasteiger partial charge on any atom is 0.00669 e. The summed E-state index contributed by atoms with van der Waals surface area (Å²) in [7, 11) is 0. The molecule has 0 aromatic heterocycles. The summed E-state index contributed by atoms with van der Waals surface area (Å²) in [4.78, 5) is 0. The van der Waals surface area contributed by atoms with Crippen LogP contribution in [0.4, 0.5) is 0 Å². The molecule has 0 saturated carbocycles. The standard InChI is InChI=1S/C12H27NS/c1-4-8-12(13-10-5-2)9-6-7-11-14-3/h12-13H,4-11H2,1-3H3. The first kappa shape index (κ1) is 14.3. The molecule has 1 N–H and O–H groups in total. The molecule has 0 fully saturated rings. The molecule has 1 nitrogen and oxygen atoms in total. The lowest BCUT2D eigenvalue weighted by Gasteiger charge is -2.17. The lowest BCUT2D eigenvalue weighted by atomic mass is 10.1. The van der Waals surface area contributed by atoms with Gasteiger partial charge in [-0.2, -0.15) is 11.8 Å². The Bertz CT molecular complexity index is 106. The van der Waals surface area contributed by atoms with Crippen LogP contribution in [0.25, 0.3) is 0 Å². The molecule has 0 radical (unpaired) electrons. The molecule has 0 spiro atoms. The predicted octanol–water partition coefficient (Wildman–Crippen LogP) is 3.69. The summed E-state index contributed by atoms with van der Waals surface area (Å²) < 4.78 is 0. The van der Waals surface area contributed by atoms with E-state index in [4.69, 9.17) is 0 Å². The Hall–Kier alpha value is 0.310. The molecule has 1 unspecified atom stereocenters. The van der Waals surface area contributed by atoms with Crippen molar-refractivity contribution in [3.05, 3.63) is 0 Å². The Kier molecular flexibility index (Phi) is 11.6. The molecule has 0 rings (SSSR count). The van der Waals surface area contributed by atoms with Gasteiger partial charge in [0.2, 0.25) is 0 Å². The second kappa shape index (κ2) is 11.4. The minimum absolute atomic E-state index is 0.779. The van der Waals surface area contributed by atoms with Gasteiger partial charge in [-0.3, -0.25) is 0 Å². The number of hydrogen-bond acceptors (Lipinski definition) is 2. The van der Waals surface area contributed by atoms with Gasteiger partial charge in [0.05, 0.1) is 0 Å². The average molecular weight is 217 g/mol. The van der Waals surface area contributed by atoms with Gasteiger partial charge in [0, 0.05) is 6.04 Å². The zero-order valence-corrected chi connectivity index (χ0v) is 11.0. The minimum atomic E-state index is 0.779. The number of nitrogens with one attached hydrogen (secondary N) is 1. The Morgan fingerprint density at radius 3 is 2.43 bits per heavy atom. The van der Waals surface area contributed by atoms with Crippen LogP contribution in [0.5, 0.6) is 0 Å². The van der Waals surface area contributed by atoms with Crippen molar-refractivity contribution in [2.24, 2.45) is 0 Å². The van der Waals surface area contributed by atoms with Crippen LogP contribution < -0.4 is 5.32 Å². The first-order chi connectivity index (χ1) is 6.85. The molecule has 2 heteroatoms. The summed E-state index contributed by atoms with van der Waals surface area (Å²) in [5, 5.41) is 3.64. The fourth-order valence-electron chi connectivity index (χ4n) is 1.68. The van der Waals surface area contributed by atoms with Gasteiger partial charge in [0.25, 0.3) is 0 Å². The van der Waals surface area contributed by atoms with Crippen LogP contribution >= 0.6 is 11.8 Å². The van der Waals surface area contributed by atoms with Crippen molar-refractivity contribution in [2.75, 3.05) is 18.6 Å². The van der Waals surface area contributed by atoms with E-state index in [1.54, 1.807) is 0 Å². The highest BCUT2D eigenvalue weighted by Crippen LogP contribution is 2.09. The molecule has 0 heterocycles. The van der Waals surface area contributed by atoms with Gasteiger partial charge in [-0.25, -0.2) is 0 Å². The Balaban J connectivity index is 3.40. The van der Waals surface area contributed by atoms with Gasteiger partial charge >= 0.3 is 0 Å². The SMILES string of the molecule is CCCNC(CCC)CCCCSC. The van der Waals surface area contributed by atoms with Gasteiger partial charge < -0.3 is 5.32 Å². The Morgan fingerprint density at radius 2 is 1.86 bits per heavy atom. The molecule has 0 aromatic carbocycles. The van der Waals surface area contributed by atoms with Gasteiger partial charge in [0.1, 0.15) is 0 Å². The summed E-state index contributed by atoms with van der Waals surface area (Å²) in [5.74, 6) is 1.33. The fraction of sp³-hybridized carbons (Fsp3) is 1.00. The number of thioether (sulfide) groups is 1. The third kappa shape index (κ3) is 8.89. The van der Waals surface area contributed by atoms with Crippen molar-refractivity contribution >= 4 is 11.8 Å². The lowest BCUT2D eigenvalue weighted by Crippen LogP contribution is -2.29. The maximum atomic E-state index is 3.64. The van der Waals surface area contributed by atoms with E-state index in [1.807, 2.05) is 11.8 Å². The average Bonchev–Trinajstić information content (AvgIpc) is 2.20. The van der Waals surface area contributed by atoms with Crippen molar-refractivity contribution in [3.8, 4) is 0 Å². The number of unbranched alkanes of at least 4 members (excludes halogenated alkanes) is 1. The molecule has 0 saturated heterocycles. The van der Waals surface area contributed by atoms with Crippen LogP contribution in [0.3, 0.4) is 0 Å². The van der Waals surface area contributed by atoms with Gasteiger partial charge in [0.15, 0.2) is 0 Å². The monoisotopic (exact) mass is 217 g/mol. The molecule has 0 amide bonds. The molecule has 14 heavy (non-hydrogen) atoms. The molecule has 0 aromatic rings. The highest BCUT2D eigenvalue weighted by atomic mass is 32.2. The minimum Gasteiger partial charge on any atom is -0.314 e. The molecule has 0 bridgehead atoms. The van der Waals surface area contributed by atoms with Crippen molar-refractivity contribution in [2.45, 2.75) is 58.4 Å². The topological polar surface area (TPSA) is 12.0 Å². The summed E-state index contributed by atoms with van der Waals surface area (Å²) in [6.07, 6.45) is 10.2. The molecular weight excluding hydrogens is 190 g/mol. The van der Waals surface area contributed by atoms with Gasteiger partial charge in [-0.05, 0) is 44.2 Å². The highest BCUT2D eigenvalue weighted by Gasteiger charge is 2.05. The third-order valence-electron chi connectivity index (χ3n) is 2.47. The third-order valence-corrected chi connectivity index (χ3v) is 3.17. The predicted molar refractivity (Wildman–Crippen MR) is 69.2 cm³/mol. The van der Waals surface area contributed by atoms with E-state index in [-0.39, 0.29) is 0 Å². The second-order valence-electron chi connectivity index (χ2n) is 3.93. The quantitative estimate of drug-likeness (QED) is 0.560. The Labute approximate surface area is 94.4 Å². The molecule has 86 valence electrons.